The Kier molecular flexibility index (Phi) is 5.79. The zero-order chi connectivity index (χ0) is 24.9. The Morgan fingerprint density at radius 2 is 1.60 bits per heavy atom. The molecule has 7 heteroatoms. The van der Waals surface area contributed by atoms with Gasteiger partial charge in [-0.3, -0.25) is 19.2 Å². The van der Waals surface area contributed by atoms with Crippen LogP contribution < -0.4 is 14.5 Å². The first kappa shape index (κ1) is 23.0. The minimum Gasteiger partial charge on any atom is -0.426 e. The molecule has 0 spiro atoms. The van der Waals surface area contributed by atoms with E-state index >= 15 is 0 Å². The quantitative estimate of drug-likeness (QED) is 0.289. The molecule has 3 amide bonds. The number of allylic oxidation sites excluding steroid dienone is 2. The maximum absolute atomic E-state index is 13.0. The van der Waals surface area contributed by atoms with E-state index in [1.807, 2.05) is 45.0 Å². The van der Waals surface area contributed by atoms with Crippen LogP contribution in [0.1, 0.15) is 37.3 Å². The van der Waals surface area contributed by atoms with Gasteiger partial charge >= 0.3 is 5.97 Å². The maximum Gasteiger partial charge on any atom is 0.316 e. The summed E-state index contributed by atoms with van der Waals surface area (Å²) in [4.78, 5) is 54.6. The topological polar surface area (TPSA) is 84.0 Å². The lowest BCUT2D eigenvalue weighted by atomic mass is 9.82. The summed E-state index contributed by atoms with van der Waals surface area (Å²) >= 11 is 0. The lowest BCUT2D eigenvalue weighted by Crippen LogP contribution is -2.31. The van der Waals surface area contributed by atoms with E-state index in [2.05, 4.69) is 0 Å². The van der Waals surface area contributed by atoms with E-state index < -0.39 is 11.9 Å². The fourth-order valence-electron chi connectivity index (χ4n) is 5.49. The van der Waals surface area contributed by atoms with Crippen LogP contribution in [0.3, 0.4) is 0 Å². The van der Waals surface area contributed by atoms with E-state index in [4.69, 9.17) is 4.74 Å². The van der Waals surface area contributed by atoms with E-state index in [0.717, 1.165) is 22.4 Å². The van der Waals surface area contributed by atoms with Crippen molar-refractivity contribution in [1.82, 2.24) is 0 Å². The van der Waals surface area contributed by atoms with Gasteiger partial charge in [-0.05, 0) is 56.9 Å². The summed E-state index contributed by atoms with van der Waals surface area (Å²) in [6, 6.07) is 12.3. The molecule has 3 aliphatic rings. The summed E-state index contributed by atoms with van der Waals surface area (Å²) in [7, 11) is 0. The number of hydrogen-bond acceptors (Lipinski definition) is 5. The Morgan fingerprint density at radius 1 is 0.914 bits per heavy atom. The highest BCUT2D eigenvalue weighted by Gasteiger charge is 2.48. The Bertz CT molecular complexity index is 1260. The van der Waals surface area contributed by atoms with Crippen molar-refractivity contribution in [3.05, 3.63) is 65.2 Å². The average Bonchev–Trinajstić information content (AvgIpc) is 3.31. The van der Waals surface area contributed by atoms with Crippen molar-refractivity contribution >= 4 is 35.1 Å². The van der Waals surface area contributed by atoms with Gasteiger partial charge in [-0.15, -0.1) is 0 Å². The Balaban J connectivity index is 1.31. The van der Waals surface area contributed by atoms with E-state index in [9.17, 15) is 19.2 Å². The van der Waals surface area contributed by atoms with Crippen LogP contribution in [0.2, 0.25) is 0 Å². The van der Waals surface area contributed by atoms with Crippen LogP contribution in [0.5, 0.6) is 5.75 Å². The Labute approximate surface area is 204 Å². The molecular formula is C28H28N2O5. The van der Waals surface area contributed by atoms with E-state index in [-0.39, 0.29) is 48.3 Å². The molecule has 0 saturated carbocycles. The zero-order valence-electron chi connectivity index (χ0n) is 20.1. The van der Waals surface area contributed by atoms with Gasteiger partial charge in [0.1, 0.15) is 5.75 Å². The highest BCUT2D eigenvalue weighted by atomic mass is 16.5. The molecular weight excluding hydrogens is 444 g/mol. The number of ether oxygens (including phenoxy) is 1. The fourth-order valence-corrected chi connectivity index (χ4v) is 5.49. The molecule has 2 heterocycles. The van der Waals surface area contributed by atoms with Crippen molar-refractivity contribution in [2.24, 2.45) is 17.8 Å². The second-order valence-electron chi connectivity index (χ2n) is 9.78. The molecule has 180 valence electrons. The number of para-hydroxylation sites is 1. The Hall–Kier alpha value is -3.74. The van der Waals surface area contributed by atoms with E-state index in [1.165, 1.54) is 4.90 Å². The second-order valence-corrected chi connectivity index (χ2v) is 9.78. The molecule has 3 atom stereocenters. The monoisotopic (exact) mass is 472 g/mol. The van der Waals surface area contributed by atoms with Crippen LogP contribution in [-0.2, 0) is 19.2 Å². The number of fused-ring (bicyclic) bond motifs is 1. The third-order valence-electron chi connectivity index (χ3n) is 7.29. The van der Waals surface area contributed by atoms with Gasteiger partial charge in [-0.25, -0.2) is 4.90 Å². The first-order valence-electron chi connectivity index (χ1n) is 12.0. The molecule has 1 aliphatic carbocycles. The number of hydrogen-bond donors (Lipinski definition) is 0. The number of carbonyl (C=O) groups excluding carboxylic acids is 4. The molecule has 2 saturated heterocycles. The lowest BCUT2D eigenvalue weighted by molar-refractivity contribution is -0.139. The van der Waals surface area contributed by atoms with Crippen molar-refractivity contribution in [3.8, 4) is 5.75 Å². The molecule has 35 heavy (non-hydrogen) atoms. The SMILES string of the molecule is CC1=CC[C@@H]2C(=O)N(c3cccc(OC(=O)[C@@H]4CC(=O)N(c5c(C)cccc5C)C4)c3)C(=O)[C@@H]2C1. The summed E-state index contributed by atoms with van der Waals surface area (Å²) in [5, 5.41) is 0. The summed E-state index contributed by atoms with van der Waals surface area (Å²) in [5.74, 6) is -2.06. The second kappa shape index (κ2) is 8.80. The van der Waals surface area contributed by atoms with Crippen LogP contribution in [0.25, 0.3) is 0 Å². The van der Waals surface area contributed by atoms with Crippen LogP contribution >= 0.6 is 0 Å². The summed E-state index contributed by atoms with van der Waals surface area (Å²) in [5.41, 5.74) is 4.32. The van der Waals surface area contributed by atoms with Crippen LogP contribution in [0.15, 0.2) is 54.1 Å². The van der Waals surface area contributed by atoms with Gasteiger partial charge in [0, 0.05) is 24.7 Å². The standard InChI is InChI=1S/C28H28N2O5/c1-16-10-11-22-23(12-16)27(33)30(26(22)32)20-8-5-9-21(14-20)35-28(34)19-13-24(31)29(15-19)25-17(2)6-4-7-18(25)3/h4-10,14,19,22-23H,11-13,15H2,1-3H3/t19-,22+,23-/m1/s1. The zero-order valence-corrected chi connectivity index (χ0v) is 20.1. The van der Waals surface area contributed by atoms with Crippen LogP contribution in [0.4, 0.5) is 11.4 Å². The fraction of sp³-hybridized carbons (Fsp3) is 0.357. The van der Waals surface area contributed by atoms with Gasteiger partial charge in [0.05, 0.1) is 23.4 Å². The van der Waals surface area contributed by atoms with Gasteiger partial charge in [0.15, 0.2) is 0 Å². The average molecular weight is 473 g/mol. The maximum atomic E-state index is 13.0. The lowest BCUT2D eigenvalue weighted by Gasteiger charge is -2.21. The van der Waals surface area contributed by atoms with E-state index in [1.54, 1.807) is 29.2 Å². The molecule has 0 aromatic heterocycles. The molecule has 0 bridgehead atoms. The summed E-state index contributed by atoms with van der Waals surface area (Å²) < 4.78 is 5.62. The number of nitrogens with zero attached hydrogens (tertiary/aromatic N) is 2. The number of imide groups is 1. The number of anilines is 2. The van der Waals surface area contributed by atoms with Gasteiger partial charge in [0.25, 0.3) is 0 Å². The Morgan fingerprint density at radius 3 is 2.34 bits per heavy atom. The van der Waals surface area contributed by atoms with Gasteiger partial charge in [-0.1, -0.05) is 35.9 Å². The van der Waals surface area contributed by atoms with Gasteiger partial charge in [-0.2, -0.15) is 0 Å². The summed E-state index contributed by atoms with van der Waals surface area (Å²) in [6.07, 6.45) is 3.26. The number of amides is 3. The minimum atomic E-state index is -0.600. The smallest absolute Gasteiger partial charge is 0.316 e. The van der Waals surface area contributed by atoms with Crippen molar-refractivity contribution < 1.29 is 23.9 Å². The normalized spacial score (nSPS) is 24.0. The first-order chi connectivity index (χ1) is 16.7. The molecule has 0 unspecified atom stereocenters. The number of aryl methyl sites for hydroxylation is 2. The number of esters is 1. The van der Waals surface area contributed by atoms with Crippen LogP contribution in [-0.4, -0.2) is 30.2 Å². The highest BCUT2D eigenvalue weighted by Crippen LogP contribution is 2.40. The predicted molar refractivity (Wildman–Crippen MR) is 131 cm³/mol. The molecule has 0 N–H and O–H groups in total. The number of rotatable bonds is 4. The van der Waals surface area contributed by atoms with E-state index in [0.29, 0.717) is 18.5 Å². The van der Waals surface area contributed by atoms with Gasteiger partial charge in [0.2, 0.25) is 17.7 Å². The summed E-state index contributed by atoms with van der Waals surface area (Å²) in [6.45, 7) is 6.12. The molecule has 2 aromatic rings. The molecule has 0 radical (unpaired) electrons. The van der Waals surface area contributed by atoms with Crippen molar-refractivity contribution in [1.29, 1.82) is 0 Å². The molecule has 2 aliphatic heterocycles. The van der Waals surface area contributed by atoms with Gasteiger partial charge < -0.3 is 9.64 Å². The first-order valence-corrected chi connectivity index (χ1v) is 12.0. The van der Waals surface area contributed by atoms with Crippen LogP contribution in [0, 0.1) is 31.6 Å². The molecule has 5 rings (SSSR count). The third-order valence-corrected chi connectivity index (χ3v) is 7.29. The number of carbonyl (C=O) groups is 4. The van der Waals surface area contributed by atoms with Crippen molar-refractivity contribution in [3.63, 3.8) is 0 Å². The minimum absolute atomic E-state index is 0.0745. The van der Waals surface area contributed by atoms with Crippen molar-refractivity contribution in [2.75, 3.05) is 16.3 Å². The van der Waals surface area contributed by atoms with Crippen molar-refractivity contribution in [2.45, 2.75) is 40.0 Å². The molecule has 7 nitrogen and oxygen atoms in total. The predicted octanol–water partition coefficient (Wildman–Crippen LogP) is 4.11. The molecule has 2 fully saturated rings. The largest absolute Gasteiger partial charge is 0.426 e. The third kappa shape index (κ3) is 4.05. The molecule has 2 aromatic carbocycles. The number of benzene rings is 2. The highest BCUT2D eigenvalue weighted by molar-refractivity contribution is 6.22.